The zero-order chi connectivity index (χ0) is 19.8. The Labute approximate surface area is 158 Å². The predicted octanol–water partition coefficient (Wildman–Crippen LogP) is 3.17. The minimum Gasteiger partial charge on any atom is -0.378 e. The predicted molar refractivity (Wildman–Crippen MR) is 107 cm³/mol. The van der Waals surface area contributed by atoms with Gasteiger partial charge in [-0.2, -0.15) is 5.26 Å². The van der Waals surface area contributed by atoms with Crippen molar-refractivity contribution in [3.8, 4) is 6.07 Å². The van der Waals surface area contributed by atoms with Gasteiger partial charge in [0.1, 0.15) is 11.6 Å². The summed E-state index contributed by atoms with van der Waals surface area (Å²) in [6.07, 6.45) is 1.37. The number of nitriles is 1. The van der Waals surface area contributed by atoms with E-state index < -0.39 is 5.91 Å². The Morgan fingerprint density at radius 3 is 1.93 bits per heavy atom. The van der Waals surface area contributed by atoms with E-state index in [-0.39, 0.29) is 11.5 Å². The van der Waals surface area contributed by atoms with Crippen LogP contribution in [0.3, 0.4) is 0 Å². The SMILES string of the molecule is CC(=O)Nc1ccc(NC(=O)/C(C#N)=C\Nc2ccc(N(C)C)cc2)cc1. The molecule has 2 rings (SSSR count). The number of nitrogens with zero attached hydrogens (tertiary/aromatic N) is 2. The molecule has 2 aromatic rings. The summed E-state index contributed by atoms with van der Waals surface area (Å²) in [5.41, 5.74) is 2.90. The minimum absolute atomic E-state index is 0.0578. The molecule has 0 aliphatic carbocycles. The Balaban J connectivity index is 2.01. The van der Waals surface area contributed by atoms with E-state index in [1.807, 2.05) is 49.3 Å². The molecule has 0 fully saturated rings. The van der Waals surface area contributed by atoms with Crippen LogP contribution in [0.25, 0.3) is 0 Å². The van der Waals surface area contributed by atoms with Crippen molar-refractivity contribution in [2.45, 2.75) is 6.92 Å². The second kappa shape index (κ2) is 9.06. The largest absolute Gasteiger partial charge is 0.378 e. The molecular formula is C20H21N5O2. The molecule has 7 heteroatoms. The number of hydrogen-bond acceptors (Lipinski definition) is 5. The fourth-order valence-electron chi connectivity index (χ4n) is 2.20. The van der Waals surface area contributed by atoms with E-state index >= 15 is 0 Å². The summed E-state index contributed by atoms with van der Waals surface area (Å²) >= 11 is 0. The lowest BCUT2D eigenvalue weighted by Crippen LogP contribution is -2.14. The van der Waals surface area contributed by atoms with Crippen molar-refractivity contribution in [1.82, 2.24) is 0 Å². The van der Waals surface area contributed by atoms with Crippen LogP contribution >= 0.6 is 0 Å². The summed E-state index contributed by atoms with van der Waals surface area (Å²) in [5.74, 6) is -0.701. The maximum absolute atomic E-state index is 12.3. The first-order valence-electron chi connectivity index (χ1n) is 8.22. The van der Waals surface area contributed by atoms with Gasteiger partial charge in [0.2, 0.25) is 5.91 Å². The van der Waals surface area contributed by atoms with Crippen LogP contribution in [0.2, 0.25) is 0 Å². The minimum atomic E-state index is -0.526. The Kier molecular flexibility index (Phi) is 6.55. The average Bonchev–Trinajstić information content (AvgIpc) is 2.64. The summed E-state index contributed by atoms with van der Waals surface area (Å²) in [5, 5.41) is 17.5. The highest BCUT2D eigenvalue weighted by atomic mass is 16.2. The summed E-state index contributed by atoms with van der Waals surface area (Å²) in [6.45, 7) is 1.42. The standard InChI is InChI=1S/C20H21N5O2/c1-14(26)23-17-4-6-18(7-5-17)24-20(27)15(12-21)13-22-16-8-10-19(11-9-16)25(2)3/h4-11,13,22H,1-3H3,(H,23,26)(H,24,27)/b15-13-. The number of benzene rings is 2. The van der Waals surface area contributed by atoms with Crippen LogP contribution in [0, 0.1) is 11.3 Å². The normalized spacial score (nSPS) is 10.5. The zero-order valence-corrected chi connectivity index (χ0v) is 15.4. The topological polar surface area (TPSA) is 97.3 Å². The van der Waals surface area contributed by atoms with Crippen molar-refractivity contribution in [1.29, 1.82) is 5.26 Å². The van der Waals surface area contributed by atoms with Crippen molar-refractivity contribution < 1.29 is 9.59 Å². The molecule has 0 heterocycles. The number of amides is 2. The molecule has 7 nitrogen and oxygen atoms in total. The number of hydrogen-bond donors (Lipinski definition) is 3. The van der Waals surface area contributed by atoms with Gasteiger partial charge < -0.3 is 20.9 Å². The van der Waals surface area contributed by atoms with E-state index in [1.54, 1.807) is 24.3 Å². The third kappa shape index (κ3) is 5.90. The van der Waals surface area contributed by atoms with E-state index in [0.29, 0.717) is 11.4 Å². The number of rotatable bonds is 6. The van der Waals surface area contributed by atoms with Gasteiger partial charge in [0, 0.05) is 50.0 Å². The van der Waals surface area contributed by atoms with Crippen molar-refractivity contribution in [2.75, 3.05) is 34.9 Å². The molecular weight excluding hydrogens is 342 g/mol. The molecule has 0 aliphatic heterocycles. The summed E-state index contributed by atoms with van der Waals surface area (Å²) < 4.78 is 0. The maximum atomic E-state index is 12.3. The molecule has 138 valence electrons. The van der Waals surface area contributed by atoms with Crippen molar-refractivity contribution in [3.63, 3.8) is 0 Å². The number of carbonyl (C=O) groups excluding carboxylic acids is 2. The van der Waals surface area contributed by atoms with Crippen LogP contribution in [-0.4, -0.2) is 25.9 Å². The van der Waals surface area contributed by atoms with Crippen molar-refractivity contribution in [3.05, 3.63) is 60.3 Å². The van der Waals surface area contributed by atoms with Crippen LogP contribution in [0.15, 0.2) is 60.3 Å². The van der Waals surface area contributed by atoms with Gasteiger partial charge in [-0.05, 0) is 48.5 Å². The second-order valence-corrected chi connectivity index (χ2v) is 5.97. The first kappa shape index (κ1) is 19.5. The van der Waals surface area contributed by atoms with Gasteiger partial charge in [-0.3, -0.25) is 9.59 Å². The van der Waals surface area contributed by atoms with Crippen LogP contribution in [0.1, 0.15) is 6.92 Å². The molecule has 0 radical (unpaired) electrons. The van der Waals surface area contributed by atoms with Crippen molar-refractivity contribution >= 4 is 34.6 Å². The van der Waals surface area contributed by atoms with Gasteiger partial charge in [-0.1, -0.05) is 0 Å². The van der Waals surface area contributed by atoms with Crippen LogP contribution < -0.4 is 20.9 Å². The van der Waals surface area contributed by atoms with Crippen LogP contribution in [-0.2, 0) is 9.59 Å². The van der Waals surface area contributed by atoms with Gasteiger partial charge >= 0.3 is 0 Å². The molecule has 3 N–H and O–H groups in total. The average molecular weight is 363 g/mol. The Hall–Kier alpha value is -3.79. The Bertz CT molecular complexity index is 878. The lowest BCUT2D eigenvalue weighted by molar-refractivity contribution is -0.114. The molecule has 2 amide bonds. The quantitative estimate of drug-likeness (QED) is 0.541. The van der Waals surface area contributed by atoms with Gasteiger partial charge in [0.15, 0.2) is 0 Å². The van der Waals surface area contributed by atoms with Gasteiger partial charge in [0.05, 0.1) is 0 Å². The van der Waals surface area contributed by atoms with E-state index in [4.69, 9.17) is 0 Å². The highest BCUT2D eigenvalue weighted by molar-refractivity contribution is 6.06. The van der Waals surface area contributed by atoms with E-state index in [9.17, 15) is 14.9 Å². The van der Waals surface area contributed by atoms with Gasteiger partial charge in [0.25, 0.3) is 5.91 Å². The maximum Gasteiger partial charge on any atom is 0.267 e. The summed E-state index contributed by atoms with van der Waals surface area (Å²) in [7, 11) is 3.90. The Morgan fingerprint density at radius 1 is 0.926 bits per heavy atom. The molecule has 0 saturated carbocycles. The number of nitrogens with one attached hydrogen (secondary N) is 3. The smallest absolute Gasteiger partial charge is 0.267 e. The van der Waals surface area contributed by atoms with Gasteiger partial charge in [-0.25, -0.2) is 0 Å². The summed E-state index contributed by atoms with van der Waals surface area (Å²) in [6, 6.07) is 16.1. The number of anilines is 4. The fourth-order valence-corrected chi connectivity index (χ4v) is 2.20. The molecule has 0 saturated heterocycles. The lowest BCUT2D eigenvalue weighted by Gasteiger charge is -2.12. The Morgan fingerprint density at radius 2 is 1.44 bits per heavy atom. The molecule has 2 aromatic carbocycles. The third-order valence-electron chi connectivity index (χ3n) is 3.60. The third-order valence-corrected chi connectivity index (χ3v) is 3.60. The monoisotopic (exact) mass is 363 g/mol. The highest BCUT2D eigenvalue weighted by Gasteiger charge is 2.09. The first-order chi connectivity index (χ1) is 12.9. The molecule has 27 heavy (non-hydrogen) atoms. The van der Waals surface area contributed by atoms with Gasteiger partial charge in [-0.15, -0.1) is 0 Å². The first-order valence-corrected chi connectivity index (χ1v) is 8.22. The molecule has 0 aliphatic rings. The molecule has 0 unspecified atom stereocenters. The molecule has 0 spiro atoms. The van der Waals surface area contributed by atoms with E-state index in [2.05, 4.69) is 16.0 Å². The molecule has 0 aromatic heterocycles. The molecule has 0 atom stereocenters. The van der Waals surface area contributed by atoms with E-state index in [0.717, 1.165) is 11.4 Å². The fraction of sp³-hybridized carbons (Fsp3) is 0.150. The van der Waals surface area contributed by atoms with Crippen molar-refractivity contribution in [2.24, 2.45) is 0 Å². The van der Waals surface area contributed by atoms with Crippen LogP contribution in [0.4, 0.5) is 22.7 Å². The lowest BCUT2D eigenvalue weighted by atomic mass is 10.2. The highest BCUT2D eigenvalue weighted by Crippen LogP contribution is 2.17. The summed E-state index contributed by atoms with van der Waals surface area (Å²) in [4.78, 5) is 25.2. The van der Waals surface area contributed by atoms with Crippen LogP contribution in [0.5, 0.6) is 0 Å². The number of carbonyl (C=O) groups is 2. The second-order valence-electron chi connectivity index (χ2n) is 5.97. The molecule has 0 bridgehead atoms. The van der Waals surface area contributed by atoms with E-state index in [1.165, 1.54) is 13.1 Å². The zero-order valence-electron chi connectivity index (χ0n) is 15.4.